The molecule has 0 saturated carbocycles. The summed E-state index contributed by atoms with van der Waals surface area (Å²) in [6.07, 6.45) is 4.27. The van der Waals surface area contributed by atoms with Crippen LogP contribution in [0.15, 0.2) is 11.8 Å². The number of carbonyl (C=O) groups is 1. The van der Waals surface area contributed by atoms with Crippen LogP contribution in [-0.4, -0.2) is 25.5 Å². The maximum Gasteiger partial charge on any atom is 0.157 e. The summed E-state index contributed by atoms with van der Waals surface area (Å²) in [6.45, 7) is 4.47. The zero-order chi connectivity index (χ0) is 9.52. The van der Waals surface area contributed by atoms with Crippen molar-refractivity contribution in [1.29, 1.82) is 0 Å². The highest BCUT2D eigenvalue weighted by Gasteiger charge is 2.10. The van der Waals surface area contributed by atoms with Crippen LogP contribution in [0, 0.1) is 0 Å². The lowest BCUT2D eigenvalue weighted by Gasteiger charge is -2.05. The zero-order valence-electron chi connectivity index (χ0n) is 8.14. The van der Waals surface area contributed by atoms with Gasteiger partial charge < -0.3 is 10.1 Å². The van der Waals surface area contributed by atoms with Gasteiger partial charge >= 0.3 is 0 Å². The van der Waals surface area contributed by atoms with Crippen LogP contribution in [0.1, 0.15) is 26.2 Å². The molecule has 3 heteroatoms. The van der Waals surface area contributed by atoms with Crippen LogP contribution >= 0.6 is 0 Å². The first-order valence-electron chi connectivity index (χ1n) is 4.88. The molecule has 0 saturated heterocycles. The normalized spacial score (nSPS) is 16.1. The van der Waals surface area contributed by atoms with Gasteiger partial charge in [0.2, 0.25) is 0 Å². The van der Waals surface area contributed by atoms with Gasteiger partial charge in [-0.3, -0.25) is 4.79 Å². The van der Waals surface area contributed by atoms with Crippen molar-refractivity contribution < 1.29 is 9.53 Å². The molecule has 0 aliphatic heterocycles. The smallest absolute Gasteiger partial charge is 0.157 e. The van der Waals surface area contributed by atoms with Crippen LogP contribution in [-0.2, 0) is 9.53 Å². The van der Waals surface area contributed by atoms with Gasteiger partial charge in [-0.25, -0.2) is 0 Å². The molecule has 0 bridgehead atoms. The van der Waals surface area contributed by atoms with Crippen LogP contribution in [0.3, 0.4) is 0 Å². The number of ether oxygens (including phenoxy) is 1. The molecule has 13 heavy (non-hydrogen) atoms. The van der Waals surface area contributed by atoms with Crippen molar-refractivity contribution in [3.8, 4) is 0 Å². The minimum absolute atomic E-state index is 0.243. The largest absolute Gasteiger partial charge is 0.388 e. The van der Waals surface area contributed by atoms with Crippen LogP contribution in [0.5, 0.6) is 0 Å². The minimum Gasteiger partial charge on any atom is -0.388 e. The van der Waals surface area contributed by atoms with E-state index in [1.165, 1.54) is 0 Å². The second kappa shape index (κ2) is 5.75. The Morgan fingerprint density at radius 2 is 2.38 bits per heavy atom. The van der Waals surface area contributed by atoms with E-state index in [4.69, 9.17) is 4.74 Å². The minimum atomic E-state index is 0.243. The summed E-state index contributed by atoms with van der Waals surface area (Å²) in [4.78, 5) is 10.8. The summed E-state index contributed by atoms with van der Waals surface area (Å²) in [6, 6.07) is 0. The number of hydrogen-bond acceptors (Lipinski definition) is 3. The molecule has 1 rings (SSSR count). The van der Waals surface area contributed by atoms with Crippen LogP contribution in [0.2, 0.25) is 0 Å². The summed E-state index contributed by atoms with van der Waals surface area (Å²) in [5, 5.41) is 3.23. The highest BCUT2D eigenvalue weighted by molar-refractivity contribution is 5.92. The van der Waals surface area contributed by atoms with E-state index in [2.05, 4.69) is 5.32 Å². The summed E-state index contributed by atoms with van der Waals surface area (Å²) < 4.78 is 5.19. The molecule has 0 aromatic rings. The Morgan fingerprint density at radius 3 is 3.00 bits per heavy atom. The third kappa shape index (κ3) is 4.08. The van der Waals surface area contributed by atoms with Gasteiger partial charge in [0.15, 0.2) is 5.78 Å². The Morgan fingerprint density at radius 1 is 1.54 bits per heavy atom. The van der Waals surface area contributed by atoms with Crippen molar-refractivity contribution in [2.75, 3.05) is 19.8 Å². The van der Waals surface area contributed by atoms with Crippen molar-refractivity contribution in [2.24, 2.45) is 0 Å². The molecular weight excluding hydrogens is 166 g/mol. The van der Waals surface area contributed by atoms with E-state index < -0.39 is 0 Å². The first kappa shape index (κ1) is 10.3. The molecule has 0 spiro atoms. The van der Waals surface area contributed by atoms with Gasteiger partial charge in [-0.2, -0.15) is 0 Å². The van der Waals surface area contributed by atoms with E-state index >= 15 is 0 Å². The second-order valence-electron chi connectivity index (χ2n) is 3.11. The standard InChI is InChI=1S/C10H17NO2/c1-2-13-7-3-6-11-9-4-5-10(12)8-9/h8,11H,2-7H2,1H3. The van der Waals surface area contributed by atoms with Gasteiger partial charge in [-0.15, -0.1) is 0 Å². The molecule has 74 valence electrons. The number of hydrogen-bond donors (Lipinski definition) is 1. The van der Waals surface area contributed by atoms with Crippen molar-refractivity contribution in [2.45, 2.75) is 26.2 Å². The fourth-order valence-corrected chi connectivity index (χ4v) is 1.30. The number of allylic oxidation sites excluding steroid dienone is 2. The van der Waals surface area contributed by atoms with E-state index in [0.29, 0.717) is 6.42 Å². The Bertz CT molecular complexity index is 199. The maximum atomic E-state index is 10.8. The molecule has 1 N–H and O–H groups in total. The highest BCUT2D eigenvalue weighted by Crippen LogP contribution is 2.11. The predicted octanol–water partition coefficient (Wildman–Crippen LogP) is 1.25. The topological polar surface area (TPSA) is 38.3 Å². The number of ketones is 1. The lowest BCUT2D eigenvalue weighted by Crippen LogP contribution is -2.15. The van der Waals surface area contributed by atoms with Crippen molar-refractivity contribution in [3.05, 3.63) is 11.8 Å². The predicted molar refractivity (Wildman–Crippen MR) is 51.4 cm³/mol. The zero-order valence-corrected chi connectivity index (χ0v) is 8.14. The molecule has 0 heterocycles. The molecule has 1 aliphatic rings. The molecular formula is C10H17NO2. The van der Waals surface area contributed by atoms with Gasteiger partial charge in [0.05, 0.1) is 0 Å². The lowest BCUT2D eigenvalue weighted by atomic mass is 10.3. The molecule has 0 amide bonds. The van der Waals surface area contributed by atoms with Crippen LogP contribution in [0.25, 0.3) is 0 Å². The van der Waals surface area contributed by atoms with E-state index in [1.54, 1.807) is 6.08 Å². The maximum absolute atomic E-state index is 10.8. The quantitative estimate of drug-likeness (QED) is 0.630. The summed E-state index contributed by atoms with van der Waals surface area (Å²) in [7, 11) is 0. The Hall–Kier alpha value is -0.830. The van der Waals surface area contributed by atoms with Crippen molar-refractivity contribution in [1.82, 2.24) is 5.32 Å². The molecule has 3 nitrogen and oxygen atoms in total. The Kier molecular flexibility index (Phi) is 4.54. The highest BCUT2D eigenvalue weighted by atomic mass is 16.5. The van der Waals surface area contributed by atoms with Crippen molar-refractivity contribution in [3.63, 3.8) is 0 Å². The van der Waals surface area contributed by atoms with Gasteiger partial charge in [-0.05, 0) is 19.8 Å². The third-order valence-corrected chi connectivity index (χ3v) is 2.00. The molecule has 0 aromatic carbocycles. The number of carbonyl (C=O) groups excluding carboxylic acids is 1. The van der Waals surface area contributed by atoms with Crippen molar-refractivity contribution >= 4 is 5.78 Å². The number of nitrogens with one attached hydrogen (secondary N) is 1. The van der Waals surface area contributed by atoms with Gasteiger partial charge in [0.1, 0.15) is 0 Å². The lowest BCUT2D eigenvalue weighted by molar-refractivity contribution is -0.114. The molecule has 0 unspecified atom stereocenters. The Balaban J connectivity index is 2.00. The van der Waals surface area contributed by atoms with E-state index in [-0.39, 0.29) is 5.78 Å². The fourth-order valence-electron chi connectivity index (χ4n) is 1.30. The molecule has 1 aliphatic carbocycles. The molecule has 0 aromatic heterocycles. The van der Waals surface area contributed by atoms with Crippen LogP contribution in [0.4, 0.5) is 0 Å². The summed E-state index contributed by atoms with van der Waals surface area (Å²) >= 11 is 0. The SMILES string of the molecule is CCOCCCNC1=CC(=O)CC1. The first-order chi connectivity index (χ1) is 6.33. The molecule has 0 radical (unpaired) electrons. The average molecular weight is 183 g/mol. The third-order valence-electron chi connectivity index (χ3n) is 2.00. The van der Waals surface area contributed by atoms with Gasteiger partial charge in [-0.1, -0.05) is 0 Å². The van der Waals surface area contributed by atoms with Gasteiger partial charge in [0.25, 0.3) is 0 Å². The Labute approximate surface area is 79.2 Å². The summed E-state index contributed by atoms with van der Waals surface area (Å²) in [5.41, 5.74) is 1.08. The molecule has 0 atom stereocenters. The first-order valence-corrected chi connectivity index (χ1v) is 4.88. The van der Waals surface area contributed by atoms with E-state index in [0.717, 1.165) is 38.3 Å². The number of rotatable bonds is 6. The monoisotopic (exact) mass is 183 g/mol. The fraction of sp³-hybridized carbons (Fsp3) is 0.700. The van der Waals surface area contributed by atoms with E-state index in [1.807, 2.05) is 6.92 Å². The van der Waals surface area contributed by atoms with Crippen LogP contribution < -0.4 is 5.32 Å². The second-order valence-corrected chi connectivity index (χ2v) is 3.11. The van der Waals surface area contributed by atoms with E-state index in [9.17, 15) is 4.79 Å². The molecule has 0 fully saturated rings. The average Bonchev–Trinajstić information content (AvgIpc) is 2.51. The summed E-state index contributed by atoms with van der Waals surface area (Å²) in [5.74, 6) is 0.243. The van der Waals surface area contributed by atoms with Gasteiger partial charge in [0, 0.05) is 38.0 Å².